The van der Waals surface area contributed by atoms with Crippen LogP contribution in [-0.2, 0) is 14.9 Å². The van der Waals surface area contributed by atoms with Crippen molar-refractivity contribution in [1.29, 1.82) is 0 Å². The highest BCUT2D eigenvalue weighted by Crippen LogP contribution is 2.64. The molecular weight excluding hydrogens is 551 g/mol. The Morgan fingerprint density at radius 2 is 1.61 bits per heavy atom. The van der Waals surface area contributed by atoms with Gasteiger partial charge >= 0.3 is 21.2 Å². The number of carbonyl (C=O) groups excluding carboxylic acids is 1. The van der Waals surface area contributed by atoms with E-state index in [1.165, 1.54) is 7.14 Å². The van der Waals surface area contributed by atoms with Gasteiger partial charge in [0.15, 0.2) is 7.14 Å². The Morgan fingerprint density at radius 1 is 1.03 bits per heavy atom. The highest BCUT2D eigenvalue weighted by atomic mass is 127. The molecule has 0 aromatic heterocycles. The number of rotatable bonds is 5. The van der Waals surface area contributed by atoms with Gasteiger partial charge in [0.1, 0.15) is 17.1 Å². The summed E-state index contributed by atoms with van der Waals surface area (Å²) in [4.78, 5) is 11.8. The molecule has 0 saturated heterocycles. The van der Waals surface area contributed by atoms with Crippen molar-refractivity contribution < 1.29 is 43.7 Å². The van der Waals surface area contributed by atoms with E-state index >= 15 is 0 Å². The normalized spacial score (nSPS) is 23.7. The zero-order valence-electron chi connectivity index (χ0n) is 19.9. The molecule has 0 radical (unpaired) electrons. The molecule has 2 aromatic rings. The fourth-order valence-electron chi connectivity index (χ4n) is 4.93. The monoisotopic (exact) mass is 584 g/mol. The van der Waals surface area contributed by atoms with Crippen LogP contribution >= 0.6 is 0 Å². The number of halogens is 1. The molecule has 7 heteroatoms. The number of hydrogen-bond acceptors (Lipinski definition) is 5. The number of ether oxygens (including phenoxy) is 1. The standard InChI is InChI=1S/C16H18IO.C10H16O4S/c1-16(2,3)18-15-11-9-14(10-12-15)17-13-7-5-4-6-8-13;1-9(2)7-3-4-10(9,8(11)5-7)6-15(12,13)14/h4-12H,1-3H3;7H,3-6H2,1-2H3,(H,12,13,14)/q+1;/p-1. The van der Waals surface area contributed by atoms with Crippen molar-refractivity contribution in [3.63, 3.8) is 0 Å². The van der Waals surface area contributed by atoms with Crippen LogP contribution in [0.4, 0.5) is 0 Å². The molecule has 0 amide bonds. The fraction of sp³-hybridized carbons (Fsp3) is 0.500. The van der Waals surface area contributed by atoms with E-state index in [-0.39, 0.29) is 43.9 Å². The third-order valence-corrected chi connectivity index (χ3v) is 10.3. The molecule has 4 rings (SSSR count). The average molecular weight is 585 g/mol. The lowest BCUT2D eigenvalue weighted by atomic mass is 9.70. The summed E-state index contributed by atoms with van der Waals surface area (Å²) in [7, 11) is -4.33. The smallest absolute Gasteiger partial charge is 0.357 e. The second kappa shape index (κ2) is 9.66. The quantitative estimate of drug-likeness (QED) is 0.397. The summed E-state index contributed by atoms with van der Waals surface area (Å²) < 4.78 is 41.4. The van der Waals surface area contributed by atoms with Crippen molar-refractivity contribution >= 4 is 15.9 Å². The minimum absolute atomic E-state index is 0.0248. The van der Waals surface area contributed by atoms with E-state index in [0.717, 1.165) is 12.2 Å². The Bertz CT molecular complexity index is 1070. The molecule has 0 aliphatic heterocycles. The van der Waals surface area contributed by atoms with Crippen LogP contribution in [0, 0.1) is 23.9 Å². The van der Waals surface area contributed by atoms with Gasteiger partial charge < -0.3 is 9.29 Å². The van der Waals surface area contributed by atoms with Crippen molar-refractivity contribution in [2.75, 3.05) is 5.75 Å². The second-order valence-corrected chi connectivity index (χ2v) is 14.9. The van der Waals surface area contributed by atoms with Gasteiger partial charge in [0.25, 0.3) is 0 Å². The number of hydrogen-bond donors (Lipinski definition) is 0. The molecule has 2 saturated carbocycles. The van der Waals surface area contributed by atoms with Crippen molar-refractivity contribution in [1.82, 2.24) is 0 Å². The van der Waals surface area contributed by atoms with E-state index in [4.69, 9.17) is 4.74 Å². The van der Waals surface area contributed by atoms with Crippen LogP contribution in [-0.4, -0.2) is 30.1 Å². The Balaban J connectivity index is 0.000000189. The molecule has 2 atom stereocenters. The van der Waals surface area contributed by atoms with Gasteiger partial charge in [-0.2, -0.15) is 0 Å². The molecule has 0 heterocycles. The number of fused-ring (bicyclic) bond motifs is 2. The van der Waals surface area contributed by atoms with E-state index in [1.807, 2.05) is 13.8 Å². The van der Waals surface area contributed by atoms with Crippen molar-refractivity contribution in [3.05, 3.63) is 61.7 Å². The fourth-order valence-corrected chi connectivity index (χ4v) is 8.43. The van der Waals surface area contributed by atoms with Gasteiger partial charge in [-0.3, -0.25) is 4.79 Å². The SMILES string of the molecule is CC(C)(C)Oc1ccc([I+]c2ccccc2)cc1.CC1(C)C2CCC1(CS(=O)(=O)[O-])C(=O)C2. The zero-order chi connectivity index (χ0) is 24.5. The summed E-state index contributed by atoms with van der Waals surface area (Å²) in [6, 6.07) is 19.2. The molecule has 5 nitrogen and oxygen atoms in total. The Hall–Kier alpha value is -1.45. The lowest BCUT2D eigenvalue weighted by Crippen LogP contribution is -3.61. The predicted octanol–water partition coefficient (Wildman–Crippen LogP) is 1.92. The maximum Gasteiger partial charge on any atom is 0.357 e. The number of Topliss-reactive ketones (excluding diaryl/α,β-unsaturated/α-hetero) is 1. The summed E-state index contributed by atoms with van der Waals surface area (Å²) in [5.74, 6) is 0.667. The number of benzene rings is 2. The second-order valence-electron chi connectivity index (χ2n) is 10.4. The van der Waals surface area contributed by atoms with Gasteiger partial charge in [-0.25, -0.2) is 8.42 Å². The topological polar surface area (TPSA) is 83.5 Å². The molecule has 180 valence electrons. The van der Waals surface area contributed by atoms with Crippen LogP contribution in [0.3, 0.4) is 0 Å². The first-order chi connectivity index (χ1) is 15.2. The predicted molar refractivity (Wildman–Crippen MR) is 124 cm³/mol. The molecule has 2 aliphatic carbocycles. The third kappa shape index (κ3) is 6.36. The largest absolute Gasteiger partial charge is 0.748 e. The molecule has 33 heavy (non-hydrogen) atoms. The number of ketones is 1. The van der Waals surface area contributed by atoms with Crippen molar-refractivity contribution in [2.45, 2.75) is 59.5 Å². The summed E-state index contributed by atoms with van der Waals surface area (Å²) in [6.07, 6.45) is 1.88. The van der Waals surface area contributed by atoms with Crippen LogP contribution < -0.4 is 25.9 Å². The third-order valence-electron chi connectivity index (χ3n) is 6.75. The lowest BCUT2D eigenvalue weighted by Gasteiger charge is -2.37. The van der Waals surface area contributed by atoms with E-state index in [9.17, 15) is 17.8 Å². The molecule has 0 N–H and O–H groups in total. The maximum absolute atomic E-state index is 11.8. The maximum atomic E-state index is 11.8. The van der Waals surface area contributed by atoms with Crippen LogP contribution in [0.15, 0.2) is 54.6 Å². The molecule has 2 bridgehead atoms. The van der Waals surface area contributed by atoms with Crippen LogP contribution in [0.25, 0.3) is 0 Å². The zero-order valence-corrected chi connectivity index (χ0v) is 22.9. The van der Waals surface area contributed by atoms with E-state index in [0.29, 0.717) is 12.8 Å². The summed E-state index contributed by atoms with van der Waals surface area (Å²) in [5, 5.41) is 0. The summed E-state index contributed by atoms with van der Waals surface area (Å²) >= 11 is -0.0737. The highest BCUT2D eigenvalue weighted by molar-refractivity contribution is 7.85. The van der Waals surface area contributed by atoms with Crippen molar-refractivity contribution in [3.8, 4) is 5.75 Å². The Labute approximate surface area is 208 Å². The Morgan fingerprint density at radius 3 is 2.06 bits per heavy atom. The van der Waals surface area contributed by atoms with Gasteiger partial charge in [0, 0.05) is 11.8 Å². The van der Waals surface area contributed by atoms with Crippen molar-refractivity contribution in [2.24, 2.45) is 16.7 Å². The van der Waals surface area contributed by atoms with Gasteiger partial charge in [-0.1, -0.05) is 32.0 Å². The van der Waals surface area contributed by atoms with E-state index in [1.54, 1.807) is 0 Å². The van der Waals surface area contributed by atoms with Crippen LogP contribution in [0.5, 0.6) is 5.75 Å². The lowest BCUT2D eigenvalue weighted by molar-refractivity contribution is -0.597. The molecular formula is C26H33IO5S. The van der Waals surface area contributed by atoms with E-state index < -0.39 is 21.3 Å². The van der Waals surface area contributed by atoms with Gasteiger partial charge in [0.2, 0.25) is 0 Å². The van der Waals surface area contributed by atoms with Crippen LogP contribution in [0.1, 0.15) is 53.9 Å². The van der Waals surface area contributed by atoms with Crippen LogP contribution in [0.2, 0.25) is 0 Å². The summed E-state index contributed by atoms with van der Waals surface area (Å²) in [6.45, 7) is 10.0. The van der Waals surface area contributed by atoms with Gasteiger partial charge in [-0.05, 0) is 81.3 Å². The highest BCUT2D eigenvalue weighted by Gasteiger charge is 2.64. The average Bonchev–Trinajstić information content (AvgIpc) is 3.03. The van der Waals surface area contributed by atoms with Gasteiger partial charge in [0.05, 0.1) is 15.9 Å². The first kappa shape index (κ1) is 26.2. The molecule has 2 unspecified atom stereocenters. The molecule has 2 aromatic carbocycles. The number of carbonyl (C=O) groups is 1. The minimum atomic E-state index is -4.33. The minimum Gasteiger partial charge on any atom is -0.748 e. The first-order valence-electron chi connectivity index (χ1n) is 11.2. The Kier molecular flexibility index (Phi) is 7.66. The summed E-state index contributed by atoms with van der Waals surface area (Å²) in [5.41, 5.74) is -1.35. The molecule has 2 aliphatic rings. The first-order valence-corrected chi connectivity index (χ1v) is 14.9. The van der Waals surface area contributed by atoms with E-state index in [2.05, 4.69) is 75.4 Å². The molecule has 2 fully saturated rings. The molecule has 0 spiro atoms. The van der Waals surface area contributed by atoms with Gasteiger partial charge in [-0.15, -0.1) is 0 Å².